The zero-order valence-corrected chi connectivity index (χ0v) is 11.6. The molecule has 3 rings (SSSR count). The molecule has 0 unspecified atom stereocenters. The fourth-order valence-electron chi connectivity index (χ4n) is 2.03. The predicted molar refractivity (Wildman–Crippen MR) is 81.2 cm³/mol. The van der Waals surface area contributed by atoms with Crippen LogP contribution in [-0.4, -0.2) is 4.57 Å². The van der Waals surface area contributed by atoms with E-state index < -0.39 is 0 Å². The minimum absolute atomic E-state index is 0.732. The third-order valence-corrected chi connectivity index (χ3v) is 3.43. The van der Waals surface area contributed by atoms with Gasteiger partial charge in [-0.05, 0) is 47.5 Å². The molecular formula is C16H11Cl2N. The van der Waals surface area contributed by atoms with Crippen molar-refractivity contribution in [2.75, 3.05) is 0 Å². The van der Waals surface area contributed by atoms with E-state index in [1.807, 2.05) is 59.3 Å². The third-order valence-electron chi connectivity index (χ3n) is 2.96. The summed E-state index contributed by atoms with van der Waals surface area (Å²) in [6.45, 7) is 0. The smallest absolute Gasteiger partial charge is 0.0464 e. The maximum Gasteiger partial charge on any atom is 0.0464 e. The standard InChI is InChI=1S/C16H11Cl2N/c17-14-4-1-3-12(9-14)13-7-8-19(11-13)16-6-2-5-15(18)10-16/h1-11H. The van der Waals surface area contributed by atoms with E-state index >= 15 is 0 Å². The van der Waals surface area contributed by atoms with Crippen molar-refractivity contribution in [1.82, 2.24) is 4.57 Å². The second-order valence-corrected chi connectivity index (χ2v) is 5.17. The maximum atomic E-state index is 6.02. The van der Waals surface area contributed by atoms with Crippen LogP contribution in [0.2, 0.25) is 10.0 Å². The molecule has 0 aliphatic carbocycles. The van der Waals surface area contributed by atoms with Crippen LogP contribution in [0.4, 0.5) is 0 Å². The Morgan fingerprint density at radius 1 is 0.737 bits per heavy atom. The zero-order chi connectivity index (χ0) is 13.2. The predicted octanol–water partition coefficient (Wildman–Crippen LogP) is 5.45. The van der Waals surface area contributed by atoms with Crippen LogP contribution in [-0.2, 0) is 0 Å². The van der Waals surface area contributed by atoms with Crippen molar-refractivity contribution >= 4 is 23.2 Å². The van der Waals surface area contributed by atoms with Crippen LogP contribution < -0.4 is 0 Å². The molecule has 0 aliphatic heterocycles. The van der Waals surface area contributed by atoms with Crippen LogP contribution in [0.25, 0.3) is 16.8 Å². The monoisotopic (exact) mass is 287 g/mol. The molecule has 0 aliphatic rings. The Kier molecular flexibility index (Phi) is 3.33. The first kappa shape index (κ1) is 12.3. The minimum Gasteiger partial charge on any atom is -0.323 e. The van der Waals surface area contributed by atoms with Gasteiger partial charge in [0.05, 0.1) is 0 Å². The number of nitrogens with zero attached hydrogens (tertiary/aromatic N) is 1. The molecule has 0 fully saturated rings. The van der Waals surface area contributed by atoms with E-state index in [9.17, 15) is 0 Å². The molecule has 3 aromatic rings. The van der Waals surface area contributed by atoms with Crippen molar-refractivity contribution in [1.29, 1.82) is 0 Å². The number of hydrogen-bond acceptors (Lipinski definition) is 0. The van der Waals surface area contributed by atoms with Gasteiger partial charge in [0.2, 0.25) is 0 Å². The van der Waals surface area contributed by atoms with Crippen LogP contribution in [0, 0.1) is 0 Å². The van der Waals surface area contributed by atoms with Gasteiger partial charge in [0.15, 0.2) is 0 Å². The molecule has 0 N–H and O–H groups in total. The van der Waals surface area contributed by atoms with E-state index in [4.69, 9.17) is 23.2 Å². The highest BCUT2D eigenvalue weighted by atomic mass is 35.5. The van der Waals surface area contributed by atoms with E-state index in [0.717, 1.165) is 26.9 Å². The highest BCUT2D eigenvalue weighted by Gasteiger charge is 2.03. The largest absolute Gasteiger partial charge is 0.323 e. The van der Waals surface area contributed by atoms with Crippen LogP contribution >= 0.6 is 23.2 Å². The van der Waals surface area contributed by atoms with E-state index in [-0.39, 0.29) is 0 Å². The van der Waals surface area contributed by atoms with E-state index in [1.165, 1.54) is 0 Å². The second-order valence-electron chi connectivity index (χ2n) is 4.30. The minimum atomic E-state index is 0.732. The summed E-state index contributed by atoms with van der Waals surface area (Å²) in [4.78, 5) is 0. The summed E-state index contributed by atoms with van der Waals surface area (Å²) in [5, 5.41) is 1.48. The molecule has 0 radical (unpaired) electrons. The first-order chi connectivity index (χ1) is 9.22. The van der Waals surface area contributed by atoms with Crippen molar-refractivity contribution in [2.45, 2.75) is 0 Å². The number of benzene rings is 2. The molecule has 3 heteroatoms. The SMILES string of the molecule is Clc1cccc(-c2ccn(-c3cccc(Cl)c3)c2)c1. The van der Waals surface area contributed by atoms with Gasteiger partial charge >= 0.3 is 0 Å². The van der Waals surface area contributed by atoms with Crippen LogP contribution in [0.1, 0.15) is 0 Å². The van der Waals surface area contributed by atoms with Crippen molar-refractivity contribution in [3.8, 4) is 16.8 Å². The lowest BCUT2D eigenvalue weighted by molar-refractivity contribution is 1.08. The molecule has 1 nitrogen and oxygen atoms in total. The summed E-state index contributed by atoms with van der Waals surface area (Å²) < 4.78 is 2.04. The van der Waals surface area contributed by atoms with Gasteiger partial charge in [-0.3, -0.25) is 0 Å². The molecule has 2 aromatic carbocycles. The average molecular weight is 288 g/mol. The molecule has 19 heavy (non-hydrogen) atoms. The Morgan fingerprint density at radius 2 is 1.47 bits per heavy atom. The number of halogens is 2. The van der Waals surface area contributed by atoms with Crippen LogP contribution in [0.3, 0.4) is 0 Å². The lowest BCUT2D eigenvalue weighted by atomic mass is 10.1. The third kappa shape index (κ3) is 2.67. The van der Waals surface area contributed by atoms with Gasteiger partial charge in [0, 0.05) is 28.1 Å². The molecule has 0 spiro atoms. The van der Waals surface area contributed by atoms with Crippen molar-refractivity contribution < 1.29 is 0 Å². The molecule has 0 bridgehead atoms. The van der Waals surface area contributed by atoms with Crippen molar-refractivity contribution in [3.05, 3.63) is 77.0 Å². The van der Waals surface area contributed by atoms with Gasteiger partial charge in [-0.2, -0.15) is 0 Å². The van der Waals surface area contributed by atoms with Crippen LogP contribution in [0.5, 0.6) is 0 Å². The highest BCUT2D eigenvalue weighted by molar-refractivity contribution is 6.31. The molecule has 94 valence electrons. The summed E-state index contributed by atoms with van der Waals surface area (Å²) in [6, 6.07) is 17.7. The number of aromatic nitrogens is 1. The summed E-state index contributed by atoms with van der Waals surface area (Å²) in [7, 11) is 0. The Bertz CT molecular complexity index is 656. The molecule has 0 saturated carbocycles. The van der Waals surface area contributed by atoms with Gasteiger partial charge < -0.3 is 4.57 Å². The zero-order valence-electron chi connectivity index (χ0n) is 10.1. The Labute approximate surface area is 122 Å². The van der Waals surface area contributed by atoms with Crippen molar-refractivity contribution in [3.63, 3.8) is 0 Å². The number of hydrogen-bond donors (Lipinski definition) is 0. The molecule has 1 aromatic heterocycles. The first-order valence-corrected chi connectivity index (χ1v) is 6.68. The topological polar surface area (TPSA) is 4.93 Å². The molecular weight excluding hydrogens is 277 g/mol. The molecule has 1 heterocycles. The van der Waals surface area contributed by atoms with Crippen molar-refractivity contribution in [2.24, 2.45) is 0 Å². The maximum absolute atomic E-state index is 6.02. The van der Waals surface area contributed by atoms with Gasteiger partial charge in [-0.25, -0.2) is 0 Å². The van der Waals surface area contributed by atoms with E-state index in [1.54, 1.807) is 0 Å². The average Bonchev–Trinajstić information content (AvgIpc) is 2.88. The lowest BCUT2D eigenvalue weighted by Crippen LogP contribution is -1.88. The molecule has 0 saturated heterocycles. The van der Waals surface area contributed by atoms with Gasteiger partial charge in [-0.15, -0.1) is 0 Å². The summed E-state index contributed by atoms with van der Waals surface area (Å²) in [5.41, 5.74) is 3.27. The quantitative estimate of drug-likeness (QED) is 0.590. The van der Waals surface area contributed by atoms with Crippen LogP contribution in [0.15, 0.2) is 67.0 Å². The molecule has 0 amide bonds. The second kappa shape index (κ2) is 5.12. The summed E-state index contributed by atoms with van der Waals surface area (Å²) >= 11 is 12.0. The summed E-state index contributed by atoms with van der Waals surface area (Å²) in [5.74, 6) is 0. The van der Waals surface area contributed by atoms with Gasteiger partial charge in [0.25, 0.3) is 0 Å². The Balaban J connectivity index is 2.00. The highest BCUT2D eigenvalue weighted by Crippen LogP contribution is 2.25. The lowest BCUT2D eigenvalue weighted by Gasteiger charge is -2.03. The Morgan fingerprint density at radius 3 is 2.21 bits per heavy atom. The molecule has 0 atom stereocenters. The van der Waals surface area contributed by atoms with E-state index in [0.29, 0.717) is 0 Å². The Hall–Kier alpha value is -1.70. The fraction of sp³-hybridized carbons (Fsp3) is 0. The van der Waals surface area contributed by atoms with Gasteiger partial charge in [-0.1, -0.05) is 41.4 Å². The van der Waals surface area contributed by atoms with E-state index in [2.05, 4.69) is 12.3 Å². The first-order valence-electron chi connectivity index (χ1n) is 5.92. The van der Waals surface area contributed by atoms with Gasteiger partial charge in [0.1, 0.15) is 0 Å². The normalized spacial score (nSPS) is 10.6. The fourth-order valence-corrected chi connectivity index (χ4v) is 2.41. The summed E-state index contributed by atoms with van der Waals surface area (Å²) in [6.07, 6.45) is 4.08. The number of rotatable bonds is 2.